The maximum absolute atomic E-state index is 2.46. The SMILES string of the molecule is CC1CC(c2ccccc2)C(c2ccccc2)C(c2ccccc2)C1c1ccccc1. The zero-order valence-corrected chi connectivity index (χ0v) is 18.1. The lowest BCUT2D eigenvalue weighted by Gasteiger charge is -2.48. The summed E-state index contributed by atoms with van der Waals surface area (Å²) in [7, 11) is 0. The lowest BCUT2D eigenvalue weighted by atomic mass is 9.56. The summed E-state index contributed by atoms with van der Waals surface area (Å²) in [6.45, 7) is 2.46. The Morgan fingerprint density at radius 1 is 0.419 bits per heavy atom. The molecule has 1 aliphatic rings. The highest BCUT2D eigenvalue weighted by Gasteiger charge is 2.45. The van der Waals surface area contributed by atoms with E-state index in [1.54, 1.807) is 0 Å². The third kappa shape index (κ3) is 3.95. The van der Waals surface area contributed by atoms with E-state index in [1.165, 1.54) is 28.7 Å². The normalized spacial score (nSPS) is 25.8. The second-order valence-electron chi connectivity index (χ2n) is 9.04. The van der Waals surface area contributed by atoms with Gasteiger partial charge in [0.15, 0.2) is 0 Å². The van der Waals surface area contributed by atoms with Gasteiger partial charge >= 0.3 is 0 Å². The summed E-state index contributed by atoms with van der Waals surface area (Å²) in [6, 6.07) is 44.9. The molecule has 0 spiro atoms. The first-order valence-corrected chi connectivity index (χ1v) is 11.5. The van der Waals surface area contributed by atoms with Crippen molar-refractivity contribution in [3.63, 3.8) is 0 Å². The first kappa shape index (κ1) is 19.8. The highest BCUT2D eigenvalue weighted by atomic mass is 14.5. The van der Waals surface area contributed by atoms with E-state index in [1.807, 2.05) is 0 Å². The predicted octanol–water partition coefficient (Wildman–Crippen LogP) is 8.16. The molecule has 0 bridgehead atoms. The van der Waals surface area contributed by atoms with Crippen LogP contribution in [0.25, 0.3) is 0 Å². The van der Waals surface area contributed by atoms with Crippen molar-refractivity contribution >= 4 is 0 Å². The van der Waals surface area contributed by atoms with Gasteiger partial charge in [0, 0.05) is 0 Å². The van der Waals surface area contributed by atoms with Gasteiger partial charge in [-0.2, -0.15) is 0 Å². The monoisotopic (exact) mass is 402 g/mol. The molecule has 0 heterocycles. The lowest BCUT2D eigenvalue weighted by molar-refractivity contribution is 0.227. The van der Waals surface area contributed by atoms with E-state index in [2.05, 4.69) is 128 Å². The van der Waals surface area contributed by atoms with Gasteiger partial charge in [0.2, 0.25) is 0 Å². The van der Waals surface area contributed by atoms with Crippen LogP contribution in [-0.4, -0.2) is 0 Å². The van der Waals surface area contributed by atoms with Crippen LogP contribution in [0.5, 0.6) is 0 Å². The van der Waals surface area contributed by atoms with Crippen molar-refractivity contribution in [1.29, 1.82) is 0 Å². The van der Waals surface area contributed by atoms with Gasteiger partial charge in [-0.05, 0) is 58.3 Å². The quantitative estimate of drug-likeness (QED) is 0.323. The third-order valence-corrected chi connectivity index (χ3v) is 7.23. The largest absolute Gasteiger partial charge is 0.0622 e. The second-order valence-corrected chi connectivity index (χ2v) is 9.04. The minimum Gasteiger partial charge on any atom is -0.0622 e. The third-order valence-electron chi connectivity index (χ3n) is 7.23. The molecule has 154 valence electrons. The summed E-state index contributed by atoms with van der Waals surface area (Å²) in [6.07, 6.45) is 1.20. The molecule has 0 N–H and O–H groups in total. The average molecular weight is 403 g/mol. The van der Waals surface area contributed by atoms with Crippen LogP contribution in [0.3, 0.4) is 0 Å². The molecule has 0 aliphatic heterocycles. The Hall–Kier alpha value is -3.12. The van der Waals surface area contributed by atoms with Crippen LogP contribution in [0.15, 0.2) is 121 Å². The van der Waals surface area contributed by atoms with Gasteiger partial charge in [0.05, 0.1) is 0 Å². The van der Waals surface area contributed by atoms with Crippen LogP contribution in [0.1, 0.15) is 59.3 Å². The molecule has 0 aromatic heterocycles. The molecule has 4 aromatic carbocycles. The summed E-state index contributed by atoms with van der Waals surface area (Å²) in [5.74, 6) is 2.46. The molecular formula is C31H30. The van der Waals surface area contributed by atoms with Crippen LogP contribution in [0, 0.1) is 5.92 Å². The van der Waals surface area contributed by atoms with Crippen molar-refractivity contribution in [2.75, 3.05) is 0 Å². The Bertz CT molecular complexity index is 1070. The summed E-state index contributed by atoms with van der Waals surface area (Å²) >= 11 is 0. The van der Waals surface area contributed by atoms with Gasteiger partial charge in [0.25, 0.3) is 0 Å². The summed E-state index contributed by atoms with van der Waals surface area (Å²) < 4.78 is 0. The van der Waals surface area contributed by atoms with Crippen molar-refractivity contribution in [2.45, 2.75) is 37.0 Å². The molecule has 0 heteroatoms. The Morgan fingerprint density at radius 2 is 0.774 bits per heavy atom. The van der Waals surface area contributed by atoms with Crippen molar-refractivity contribution in [3.05, 3.63) is 144 Å². The van der Waals surface area contributed by atoms with Gasteiger partial charge in [-0.25, -0.2) is 0 Å². The number of rotatable bonds is 4. The van der Waals surface area contributed by atoms with E-state index in [0.29, 0.717) is 29.6 Å². The van der Waals surface area contributed by atoms with E-state index in [9.17, 15) is 0 Å². The Balaban J connectivity index is 1.71. The van der Waals surface area contributed by atoms with Gasteiger partial charge in [-0.3, -0.25) is 0 Å². The molecule has 31 heavy (non-hydrogen) atoms. The minimum absolute atomic E-state index is 0.431. The van der Waals surface area contributed by atoms with E-state index in [-0.39, 0.29) is 0 Å². The van der Waals surface area contributed by atoms with E-state index in [4.69, 9.17) is 0 Å². The molecule has 1 saturated carbocycles. The standard InChI is InChI=1S/C31H30/c1-23-22-28(24-14-6-2-7-15-24)30(26-18-10-4-11-19-26)31(27-20-12-5-13-21-27)29(23)25-16-8-3-9-17-25/h2-21,23,28-31H,22H2,1H3. The molecule has 0 radical (unpaired) electrons. The minimum atomic E-state index is 0.431. The second kappa shape index (κ2) is 8.94. The van der Waals surface area contributed by atoms with Gasteiger partial charge < -0.3 is 0 Å². The fourth-order valence-electron chi connectivity index (χ4n) is 5.98. The van der Waals surface area contributed by atoms with Crippen LogP contribution in [-0.2, 0) is 0 Å². The molecule has 5 unspecified atom stereocenters. The first-order valence-electron chi connectivity index (χ1n) is 11.5. The molecule has 0 amide bonds. The predicted molar refractivity (Wildman–Crippen MR) is 131 cm³/mol. The zero-order valence-electron chi connectivity index (χ0n) is 18.1. The van der Waals surface area contributed by atoms with Crippen molar-refractivity contribution < 1.29 is 0 Å². The number of benzene rings is 4. The Kier molecular flexibility index (Phi) is 5.71. The molecular weight excluding hydrogens is 372 g/mol. The Morgan fingerprint density at radius 3 is 1.23 bits per heavy atom. The molecule has 1 aliphatic carbocycles. The maximum Gasteiger partial charge on any atom is -0.00158 e. The zero-order chi connectivity index (χ0) is 21.0. The first-order chi connectivity index (χ1) is 15.3. The molecule has 0 saturated heterocycles. The van der Waals surface area contributed by atoms with Crippen LogP contribution < -0.4 is 0 Å². The van der Waals surface area contributed by atoms with E-state index < -0.39 is 0 Å². The topological polar surface area (TPSA) is 0 Å². The number of hydrogen-bond donors (Lipinski definition) is 0. The highest BCUT2D eigenvalue weighted by molar-refractivity contribution is 5.40. The number of hydrogen-bond acceptors (Lipinski definition) is 0. The maximum atomic E-state index is 2.46. The van der Waals surface area contributed by atoms with Crippen LogP contribution >= 0.6 is 0 Å². The molecule has 0 nitrogen and oxygen atoms in total. The van der Waals surface area contributed by atoms with E-state index >= 15 is 0 Å². The van der Waals surface area contributed by atoms with Crippen LogP contribution in [0.4, 0.5) is 0 Å². The van der Waals surface area contributed by atoms with Gasteiger partial charge in [0.1, 0.15) is 0 Å². The molecule has 4 aromatic rings. The van der Waals surface area contributed by atoms with Gasteiger partial charge in [-0.1, -0.05) is 128 Å². The fourth-order valence-corrected chi connectivity index (χ4v) is 5.98. The average Bonchev–Trinajstić information content (AvgIpc) is 2.85. The Labute approximate surface area is 186 Å². The summed E-state index contributed by atoms with van der Waals surface area (Å²) in [5, 5.41) is 0. The molecule has 5 rings (SSSR count). The lowest BCUT2D eigenvalue weighted by Crippen LogP contribution is -2.34. The fraction of sp³-hybridized carbons (Fsp3) is 0.226. The van der Waals surface area contributed by atoms with Crippen molar-refractivity contribution in [3.8, 4) is 0 Å². The molecule has 5 atom stereocenters. The van der Waals surface area contributed by atoms with Crippen molar-refractivity contribution in [1.82, 2.24) is 0 Å². The summed E-state index contributed by atoms with van der Waals surface area (Å²) in [4.78, 5) is 0. The molecule has 1 fully saturated rings. The van der Waals surface area contributed by atoms with Crippen molar-refractivity contribution in [2.24, 2.45) is 5.92 Å². The van der Waals surface area contributed by atoms with E-state index in [0.717, 1.165) is 0 Å². The summed E-state index contributed by atoms with van der Waals surface area (Å²) in [5.41, 5.74) is 5.85. The van der Waals surface area contributed by atoms with Gasteiger partial charge in [-0.15, -0.1) is 0 Å². The smallest absolute Gasteiger partial charge is 0.00158 e. The van der Waals surface area contributed by atoms with Crippen LogP contribution in [0.2, 0.25) is 0 Å². The highest BCUT2D eigenvalue weighted by Crippen LogP contribution is 2.59.